The minimum Gasteiger partial charge on any atom is -0.381 e. The number of halogens is 3. The molecule has 41 heavy (non-hydrogen) atoms. The van der Waals surface area contributed by atoms with Gasteiger partial charge in [0.05, 0.1) is 17.9 Å². The van der Waals surface area contributed by atoms with Gasteiger partial charge in [-0.1, -0.05) is 17.7 Å². The summed E-state index contributed by atoms with van der Waals surface area (Å²) in [4.78, 5) is 18.3. The zero-order valence-electron chi connectivity index (χ0n) is 23.4. The Balaban J connectivity index is 1.25. The molecule has 4 heterocycles. The average molecular weight is 608 g/mol. The summed E-state index contributed by atoms with van der Waals surface area (Å²) in [5, 5.41) is 0.598. The van der Waals surface area contributed by atoms with Crippen molar-refractivity contribution in [1.29, 1.82) is 0 Å². The van der Waals surface area contributed by atoms with Gasteiger partial charge in [-0.25, -0.2) is 17.2 Å². The van der Waals surface area contributed by atoms with Crippen LogP contribution in [0.3, 0.4) is 0 Å². The topological polar surface area (TPSA) is 70.2 Å². The normalized spacial score (nSPS) is 25.2. The number of rotatable bonds is 4. The Morgan fingerprint density at radius 3 is 2.44 bits per heavy atom. The molecule has 0 unspecified atom stereocenters. The van der Waals surface area contributed by atoms with Gasteiger partial charge in [-0.2, -0.15) is 0 Å². The Kier molecular flexibility index (Phi) is 7.58. The van der Waals surface area contributed by atoms with Crippen molar-refractivity contribution in [3.8, 4) is 0 Å². The van der Waals surface area contributed by atoms with Crippen molar-refractivity contribution in [3.05, 3.63) is 63.7 Å². The van der Waals surface area contributed by atoms with Gasteiger partial charge in [0, 0.05) is 74.4 Å². The summed E-state index contributed by atoms with van der Waals surface area (Å²) in [6.45, 7) is 5.51. The monoisotopic (exact) mass is 607 g/mol. The molecule has 11 heteroatoms. The van der Waals surface area contributed by atoms with Gasteiger partial charge < -0.3 is 9.64 Å². The van der Waals surface area contributed by atoms with Gasteiger partial charge in [0.1, 0.15) is 11.6 Å². The highest BCUT2D eigenvalue weighted by atomic mass is 35.5. The van der Waals surface area contributed by atoms with E-state index < -0.39 is 33.0 Å². The molecule has 222 valence electrons. The van der Waals surface area contributed by atoms with E-state index in [-0.39, 0.29) is 17.9 Å². The number of benzene rings is 2. The summed E-state index contributed by atoms with van der Waals surface area (Å²) in [7, 11) is -3.49. The van der Waals surface area contributed by atoms with Crippen molar-refractivity contribution in [3.63, 3.8) is 0 Å². The molecule has 4 aliphatic heterocycles. The van der Waals surface area contributed by atoms with Gasteiger partial charge in [0.25, 0.3) is 0 Å². The van der Waals surface area contributed by atoms with E-state index in [1.807, 2.05) is 24.0 Å². The quantitative estimate of drug-likeness (QED) is 0.513. The molecule has 4 aliphatic rings. The van der Waals surface area contributed by atoms with Crippen molar-refractivity contribution < 1.29 is 26.7 Å². The number of aryl methyl sites for hydroxylation is 1. The first kappa shape index (κ1) is 28.8. The number of carbonyl (C=O) groups excluding carboxylic acids is 1. The molecule has 0 aliphatic carbocycles. The molecule has 0 saturated carbocycles. The lowest BCUT2D eigenvalue weighted by atomic mass is 9.74. The number of carbonyl (C=O) groups is 1. The van der Waals surface area contributed by atoms with E-state index >= 15 is 4.39 Å². The number of likely N-dealkylation sites (tertiary alicyclic amines) is 2. The highest BCUT2D eigenvalue weighted by Gasteiger charge is 2.50. The number of hydrogen-bond acceptors (Lipinski definition) is 5. The molecule has 1 amide bonds. The number of piperidine rings is 1. The van der Waals surface area contributed by atoms with Crippen molar-refractivity contribution in [1.82, 2.24) is 9.80 Å². The molecule has 2 atom stereocenters. The third-order valence-corrected chi connectivity index (χ3v) is 11.3. The van der Waals surface area contributed by atoms with E-state index in [2.05, 4.69) is 4.90 Å². The summed E-state index contributed by atoms with van der Waals surface area (Å²) >= 11 is 6.50. The van der Waals surface area contributed by atoms with Crippen LogP contribution in [-0.4, -0.2) is 82.4 Å². The van der Waals surface area contributed by atoms with Crippen LogP contribution in [0, 0.1) is 24.5 Å². The highest BCUT2D eigenvalue weighted by Crippen LogP contribution is 2.50. The van der Waals surface area contributed by atoms with E-state index in [1.165, 1.54) is 22.7 Å². The number of nitrogens with zero attached hydrogens (tertiary/aromatic N) is 3. The molecule has 3 saturated heterocycles. The van der Waals surface area contributed by atoms with E-state index in [4.69, 9.17) is 16.3 Å². The van der Waals surface area contributed by atoms with Gasteiger partial charge in [0.15, 0.2) is 0 Å². The molecule has 0 radical (unpaired) electrons. The maximum Gasteiger partial charge on any atom is 0.232 e. The van der Waals surface area contributed by atoms with Crippen molar-refractivity contribution in [2.45, 2.75) is 50.0 Å². The Morgan fingerprint density at radius 2 is 1.78 bits per heavy atom. The van der Waals surface area contributed by atoms with Crippen LogP contribution < -0.4 is 4.31 Å². The predicted octanol–water partition coefficient (Wildman–Crippen LogP) is 4.46. The fourth-order valence-electron chi connectivity index (χ4n) is 7.41. The van der Waals surface area contributed by atoms with Gasteiger partial charge in [-0.15, -0.1) is 0 Å². The van der Waals surface area contributed by atoms with Gasteiger partial charge >= 0.3 is 0 Å². The number of amides is 1. The lowest BCUT2D eigenvalue weighted by molar-refractivity contribution is -0.137. The molecule has 0 bridgehead atoms. The van der Waals surface area contributed by atoms with Gasteiger partial charge in [-0.3, -0.25) is 14.0 Å². The van der Waals surface area contributed by atoms with Crippen LogP contribution in [0.4, 0.5) is 14.5 Å². The van der Waals surface area contributed by atoms with Crippen molar-refractivity contribution in [2.24, 2.45) is 5.92 Å². The lowest BCUT2D eigenvalue weighted by Crippen LogP contribution is -2.50. The summed E-state index contributed by atoms with van der Waals surface area (Å²) in [6, 6.07) is 7.65. The minimum atomic E-state index is -3.49. The third kappa shape index (κ3) is 5.26. The Hall–Kier alpha value is -2.27. The molecule has 2 aromatic carbocycles. The van der Waals surface area contributed by atoms with Crippen LogP contribution in [0.2, 0.25) is 5.02 Å². The largest absolute Gasteiger partial charge is 0.381 e. The van der Waals surface area contributed by atoms with E-state index in [9.17, 15) is 17.6 Å². The van der Waals surface area contributed by atoms with Crippen molar-refractivity contribution >= 4 is 33.2 Å². The number of hydrogen-bond donors (Lipinski definition) is 0. The smallest absolute Gasteiger partial charge is 0.232 e. The summed E-state index contributed by atoms with van der Waals surface area (Å²) in [6.07, 6.45) is 4.15. The standard InChI is InChI=1S/C30H36ClF2N3O4S/c1-19-13-28-25(15-26(19)31)30(18-36(28)41(2,38)39)7-9-34(10-8-30)29(37)24-17-35(21-5-11-40-12-6-21)16-23(24)22-4-3-20(32)14-27(22)33/h3-4,13-15,21,23-24H,5-12,16-18H2,1-2H3/t23-,24+/m0/s1. The highest BCUT2D eigenvalue weighted by molar-refractivity contribution is 7.92. The first-order valence-electron chi connectivity index (χ1n) is 14.3. The molecule has 6 rings (SSSR count). The number of ether oxygens (including phenoxy) is 1. The van der Waals surface area contributed by atoms with Crippen LogP contribution in [0.25, 0.3) is 0 Å². The van der Waals surface area contributed by atoms with Gasteiger partial charge in [0.2, 0.25) is 15.9 Å². The molecule has 0 N–H and O–H groups in total. The first-order chi connectivity index (χ1) is 19.5. The fraction of sp³-hybridized carbons (Fsp3) is 0.567. The van der Waals surface area contributed by atoms with Crippen LogP contribution in [0.5, 0.6) is 0 Å². The van der Waals surface area contributed by atoms with Crippen LogP contribution in [-0.2, 0) is 25.0 Å². The SMILES string of the molecule is Cc1cc2c(cc1Cl)C1(CCN(C(=O)[C@@H]3CN(C4CCOCC4)C[C@H]3c3ccc(F)cc3F)CC1)CN2S(C)(=O)=O. The van der Waals surface area contributed by atoms with E-state index in [1.54, 1.807) is 0 Å². The van der Waals surface area contributed by atoms with Crippen LogP contribution in [0.15, 0.2) is 30.3 Å². The zero-order valence-corrected chi connectivity index (χ0v) is 25.0. The van der Waals surface area contributed by atoms with Crippen LogP contribution >= 0.6 is 11.6 Å². The Bertz CT molecular complexity index is 1460. The molecule has 0 aromatic heterocycles. The second kappa shape index (κ2) is 10.8. The maximum absolute atomic E-state index is 15.0. The number of sulfonamides is 1. The Morgan fingerprint density at radius 1 is 1.07 bits per heavy atom. The second-order valence-electron chi connectivity index (χ2n) is 12.2. The zero-order chi connectivity index (χ0) is 29.1. The average Bonchev–Trinajstić information content (AvgIpc) is 3.50. The minimum absolute atomic E-state index is 0.0248. The number of fused-ring (bicyclic) bond motifs is 2. The fourth-order valence-corrected chi connectivity index (χ4v) is 8.56. The molecule has 2 aromatic rings. The van der Waals surface area contributed by atoms with E-state index in [0.29, 0.717) is 75.1 Å². The first-order valence-corrected chi connectivity index (χ1v) is 16.5. The Labute approximate surface area is 245 Å². The third-order valence-electron chi connectivity index (χ3n) is 9.73. The predicted molar refractivity (Wildman–Crippen MR) is 154 cm³/mol. The second-order valence-corrected chi connectivity index (χ2v) is 14.5. The molecular weight excluding hydrogens is 572 g/mol. The maximum atomic E-state index is 15.0. The summed E-state index contributed by atoms with van der Waals surface area (Å²) in [5.41, 5.74) is 2.36. The van der Waals surface area contributed by atoms with Crippen LogP contribution in [0.1, 0.15) is 48.3 Å². The van der Waals surface area contributed by atoms with E-state index in [0.717, 1.165) is 30.0 Å². The molecule has 7 nitrogen and oxygen atoms in total. The molecule has 3 fully saturated rings. The summed E-state index contributed by atoms with van der Waals surface area (Å²) < 4.78 is 61.2. The lowest BCUT2D eigenvalue weighted by Gasteiger charge is -2.41. The van der Waals surface area contributed by atoms with Gasteiger partial charge in [-0.05, 0) is 67.5 Å². The van der Waals surface area contributed by atoms with Crippen molar-refractivity contribution in [2.75, 3.05) is 56.5 Å². The summed E-state index contributed by atoms with van der Waals surface area (Å²) in [5.74, 6) is -2.10. The molecular formula is C30H36ClF2N3O4S. The molecule has 1 spiro atoms. The number of anilines is 1.